The van der Waals surface area contributed by atoms with E-state index < -0.39 is 0 Å². The van der Waals surface area contributed by atoms with Crippen molar-refractivity contribution in [2.24, 2.45) is 0 Å². The number of halogens is 1. The first kappa shape index (κ1) is 16.1. The minimum atomic E-state index is -0.120. The van der Waals surface area contributed by atoms with Gasteiger partial charge in [-0.25, -0.2) is 4.39 Å². The smallest absolute Gasteiger partial charge is 0.127 e. The Hall–Kier alpha value is -2.39. The molecule has 1 aliphatic heterocycles. The van der Waals surface area contributed by atoms with Crippen LogP contribution in [-0.4, -0.2) is 16.0 Å². The van der Waals surface area contributed by atoms with E-state index in [9.17, 15) is 4.39 Å². The van der Waals surface area contributed by atoms with Gasteiger partial charge in [-0.1, -0.05) is 42.5 Å². The van der Waals surface area contributed by atoms with Crippen molar-refractivity contribution in [3.8, 4) is 0 Å². The third-order valence-electron chi connectivity index (χ3n) is 5.17. The van der Waals surface area contributed by atoms with Crippen molar-refractivity contribution < 1.29 is 4.39 Å². The van der Waals surface area contributed by atoms with Gasteiger partial charge < -0.3 is 4.57 Å². The number of hydrogen-bond acceptors (Lipinski definition) is 1. The van der Waals surface area contributed by atoms with Gasteiger partial charge in [0.2, 0.25) is 0 Å². The summed E-state index contributed by atoms with van der Waals surface area (Å²) in [6.07, 6.45) is 3.23. The minimum Gasteiger partial charge on any atom is -0.350 e. The van der Waals surface area contributed by atoms with Gasteiger partial charge in [-0.3, -0.25) is 4.90 Å². The lowest BCUT2D eigenvalue weighted by atomic mass is 9.96. The van der Waals surface area contributed by atoms with Gasteiger partial charge in [0.25, 0.3) is 0 Å². The fraction of sp³-hybridized carbons (Fsp3) is 0.273. The molecule has 0 aliphatic carbocycles. The van der Waals surface area contributed by atoms with Gasteiger partial charge in [0.15, 0.2) is 0 Å². The van der Waals surface area contributed by atoms with E-state index in [0.29, 0.717) is 6.54 Å². The van der Waals surface area contributed by atoms with E-state index in [0.717, 1.165) is 25.1 Å². The third kappa shape index (κ3) is 3.12. The summed E-state index contributed by atoms with van der Waals surface area (Å²) >= 11 is 0. The molecule has 0 bridgehead atoms. The van der Waals surface area contributed by atoms with Crippen LogP contribution in [0.1, 0.15) is 34.8 Å². The summed E-state index contributed by atoms with van der Waals surface area (Å²) < 4.78 is 16.6. The molecular weight excluding hydrogens is 311 g/mol. The predicted molar refractivity (Wildman–Crippen MR) is 98.9 cm³/mol. The van der Waals surface area contributed by atoms with Crippen molar-refractivity contribution in [1.82, 2.24) is 9.47 Å². The van der Waals surface area contributed by atoms with Crippen LogP contribution in [0, 0.1) is 12.7 Å². The van der Waals surface area contributed by atoms with E-state index in [4.69, 9.17) is 0 Å². The molecule has 0 saturated heterocycles. The predicted octanol–water partition coefficient (Wildman–Crippen LogP) is 4.93. The minimum absolute atomic E-state index is 0.120. The van der Waals surface area contributed by atoms with Gasteiger partial charge in [-0.15, -0.1) is 0 Å². The Bertz CT molecular complexity index is 868. The van der Waals surface area contributed by atoms with Gasteiger partial charge in [0, 0.05) is 37.1 Å². The molecule has 2 aromatic carbocycles. The Morgan fingerprint density at radius 3 is 2.60 bits per heavy atom. The highest BCUT2D eigenvalue weighted by molar-refractivity contribution is 5.36. The first-order valence-electron chi connectivity index (χ1n) is 8.92. The van der Waals surface area contributed by atoms with E-state index in [2.05, 4.69) is 59.0 Å². The molecule has 0 radical (unpaired) electrons. The van der Waals surface area contributed by atoms with E-state index in [1.165, 1.54) is 16.8 Å². The second kappa shape index (κ2) is 6.85. The van der Waals surface area contributed by atoms with Gasteiger partial charge >= 0.3 is 0 Å². The number of fused-ring (bicyclic) bond motifs is 1. The molecular formula is C22H23FN2. The maximum atomic E-state index is 14.3. The molecule has 1 aliphatic rings. The molecule has 0 spiro atoms. The first-order valence-corrected chi connectivity index (χ1v) is 8.92. The molecule has 2 nitrogen and oxygen atoms in total. The zero-order valence-electron chi connectivity index (χ0n) is 14.5. The van der Waals surface area contributed by atoms with Crippen LogP contribution < -0.4 is 0 Å². The number of aromatic nitrogens is 1. The lowest BCUT2D eigenvalue weighted by molar-refractivity contribution is 0.217. The molecule has 3 aromatic rings. The second-order valence-electron chi connectivity index (χ2n) is 6.80. The molecule has 0 saturated carbocycles. The van der Waals surface area contributed by atoms with Gasteiger partial charge in [0.05, 0.1) is 6.04 Å². The summed E-state index contributed by atoms with van der Waals surface area (Å²) in [6.45, 7) is 4.75. The average molecular weight is 334 g/mol. The van der Waals surface area contributed by atoms with Crippen LogP contribution in [-0.2, 0) is 13.1 Å². The Labute approximate surface area is 148 Å². The highest BCUT2D eigenvalue weighted by Gasteiger charge is 2.28. The number of nitrogens with zero attached hydrogens (tertiary/aromatic N) is 2. The standard InChI is InChI=1S/C22H23FN2/c1-17-8-2-4-10-19(17)22-21-12-6-13-24(21)14-7-15-25(22)16-18-9-3-5-11-20(18)23/h2-6,8-13,22H,7,14-16H2,1H3. The zero-order chi connectivity index (χ0) is 17.2. The molecule has 128 valence electrons. The molecule has 0 amide bonds. The Kier molecular flexibility index (Phi) is 4.41. The van der Waals surface area contributed by atoms with E-state index in [1.807, 2.05) is 12.1 Å². The zero-order valence-corrected chi connectivity index (χ0v) is 14.5. The van der Waals surface area contributed by atoms with Crippen LogP contribution in [0.2, 0.25) is 0 Å². The first-order chi connectivity index (χ1) is 12.2. The van der Waals surface area contributed by atoms with E-state index >= 15 is 0 Å². The quantitative estimate of drug-likeness (QED) is 0.659. The van der Waals surface area contributed by atoms with Gasteiger partial charge in [-0.2, -0.15) is 0 Å². The van der Waals surface area contributed by atoms with Crippen molar-refractivity contribution in [1.29, 1.82) is 0 Å². The lowest BCUT2D eigenvalue weighted by Crippen LogP contribution is -2.30. The molecule has 2 heterocycles. The number of rotatable bonds is 3. The molecule has 1 unspecified atom stereocenters. The molecule has 1 aromatic heterocycles. The monoisotopic (exact) mass is 334 g/mol. The Morgan fingerprint density at radius 2 is 1.76 bits per heavy atom. The van der Waals surface area contributed by atoms with Crippen LogP contribution >= 0.6 is 0 Å². The third-order valence-corrected chi connectivity index (χ3v) is 5.17. The van der Waals surface area contributed by atoms with Crippen LogP contribution in [0.25, 0.3) is 0 Å². The molecule has 0 N–H and O–H groups in total. The Balaban J connectivity index is 1.78. The van der Waals surface area contributed by atoms with Crippen molar-refractivity contribution in [2.45, 2.75) is 32.5 Å². The van der Waals surface area contributed by atoms with Crippen LogP contribution in [0.3, 0.4) is 0 Å². The molecule has 4 rings (SSSR count). The second-order valence-corrected chi connectivity index (χ2v) is 6.80. The highest BCUT2D eigenvalue weighted by atomic mass is 19.1. The van der Waals surface area contributed by atoms with Crippen molar-refractivity contribution >= 4 is 0 Å². The number of hydrogen-bond donors (Lipinski definition) is 0. The van der Waals surface area contributed by atoms with Crippen molar-refractivity contribution in [3.05, 3.63) is 95.1 Å². The summed E-state index contributed by atoms with van der Waals surface area (Å²) in [5.74, 6) is -0.120. The lowest BCUT2D eigenvalue weighted by Gasteiger charge is -2.31. The van der Waals surface area contributed by atoms with Crippen LogP contribution in [0.5, 0.6) is 0 Å². The maximum Gasteiger partial charge on any atom is 0.127 e. The summed E-state index contributed by atoms with van der Waals surface area (Å²) in [5.41, 5.74) is 4.64. The summed E-state index contributed by atoms with van der Waals surface area (Å²) in [7, 11) is 0. The van der Waals surface area contributed by atoms with Gasteiger partial charge in [0.1, 0.15) is 5.82 Å². The van der Waals surface area contributed by atoms with Crippen LogP contribution in [0.4, 0.5) is 4.39 Å². The van der Waals surface area contributed by atoms with Crippen molar-refractivity contribution in [3.63, 3.8) is 0 Å². The van der Waals surface area contributed by atoms with Crippen LogP contribution in [0.15, 0.2) is 66.9 Å². The van der Waals surface area contributed by atoms with Crippen molar-refractivity contribution in [2.75, 3.05) is 6.54 Å². The molecule has 1 atom stereocenters. The fourth-order valence-corrected chi connectivity index (χ4v) is 3.90. The fourth-order valence-electron chi connectivity index (χ4n) is 3.90. The van der Waals surface area contributed by atoms with Gasteiger partial charge in [-0.05, 0) is 42.7 Å². The summed E-state index contributed by atoms with van der Waals surface area (Å²) in [4.78, 5) is 2.42. The Morgan fingerprint density at radius 1 is 0.960 bits per heavy atom. The highest BCUT2D eigenvalue weighted by Crippen LogP contribution is 2.34. The molecule has 25 heavy (non-hydrogen) atoms. The average Bonchev–Trinajstić information content (AvgIpc) is 3.00. The normalized spacial score (nSPS) is 17.9. The molecule has 3 heteroatoms. The number of benzene rings is 2. The molecule has 0 fully saturated rings. The summed E-state index contributed by atoms with van der Waals surface area (Å²) in [5, 5.41) is 0. The SMILES string of the molecule is Cc1ccccc1C1c2cccn2CCCN1Cc1ccccc1F. The summed E-state index contributed by atoms with van der Waals surface area (Å²) in [6, 6.07) is 20.1. The number of aryl methyl sites for hydroxylation is 2. The largest absolute Gasteiger partial charge is 0.350 e. The topological polar surface area (TPSA) is 8.17 Å². The van der Waals surface area contributed by atoms with E-state index in [1.54, 1.807) is 12.1 Å². The maximum absolute atomic E-state index is 14.3. The van der Waals surface area contributed by atoms with E-state index in [-0.39, 0.29) is 11.9 Å².